The van der Waals surface area contributed by atoms with Gasteiger partial charge in [0.25, 0.3) is 5.91 Å². The quantitative estimate of drug-likeness (QED) is 0.336. The minimum Gasteiger partial charge on any atom is -0.480 e. The number of nitrogens with one attached hydrogen (secondary N) is 3. The van der Waals surface area contributed by atoms with E-state index in [1.54, 1.807) is 24.3 Å². The van der Waals surface area contributed by atoms with Gasteiger partial charge in [0, 0.05) is 4.88 Å². The molecule has 1 aliphatic carbocycles. The first kappa shape index (κ1) is 25.3. The molecule has 178 valence electrons. The molecule has 1 aromatic carbocycles. The Morgan fingerprint density at radius 3 is 2.27 bits per heavy atom. The lowest BCUT2D eigenvalue weighted by atomic mass is 9.84. The van der Waals surface area contributed by atoms with Crippen molar-refractivity contribution >= 4 is 63.1 Å². The van der Waals surface area contributed by atoms with E-state index in [0.717, 1.165) is 37.0 Å². The van der Waals surface area contributed by atoms with Crippen LogP contribution in [0.5, 0.6) is 0 Å². The summed E-state index contributed by atoms with van der Waals surface area (Å²) >= 11 is 13.5. The lowest BCUT2D eigenvalue weighted by Crippen LogP contribution is -2.46. The highest BCUT2D eigenvalue weighted by molar-refractivity contribution is 7.16. The van der Waals surface area contributed by atoms with Crippen molar-refractivity contribution in [3.05, 3.63) is 44.8 Å². The predicted molar refractivity (Wildman–Crippen MR) is 133 cm³/mol. The van der Waals surface area contributed by atoms with Crippen LogP contribution in [0.3, 0.4) is 0 Å². The third-order valence-corrected chi connectivity index (χ3v) is 7.65. The number of carboxylic acid groups (broad SMARTS) is 1. The smallest absolute Gasteiger partial charge is 0.326 e. The van der Waals surface area contributed by atoms with Gasteiger partial charge in [-0.05, 0) is 42.9 Å². The molecule has 10 heteroatoms. The molecule has 1 aliphatic rings. The summed E-state index contributed by atoms with van der Waals surface area (Å²) in [6, 6.07) is 4.97. The van der Waals surface area contributed by atoms with Gasteiger partial charge in [-0.1, -0.05) is 62.4 Å². The monoisotopic (exact) mass is 511 g/mol. The van der Waals surface area contributed by atoms with Crippen LogP contribution in [-0.2, 0) is 4.79 Å². The highest BCUT2D eigenvalue weighted by atomic mass is 35.5. The zero-order valence-electron chi connectivity index (χ0n) is 18.4. The van der Waals surface area contributed by atoms with Gasteiger partial charge in [0.1, 0.15) is 11.0 Å². The zero-order chi connectivity index (χ0) is 24.1. The number of urea groups is 1. The van der Waals surface area contributed by atoms with Gasteiger partial charge in [-0.2, -0.15) is 0 Å². The number of aliphatic carboxylic acids is 1. The van der Waals surface area contributed by atoms with Crippen LogP contribution in [0.15, 0.2) is 24.3 Å². The molecular formula is C23H27Cl2N3O4S. The number of carbonyl (C=O) groups excluding carboxylic acids is 2. The van der Waals surface area contributed by atoms with Crippen LogP contribution >= 0.6 is 34.5 Å². The third-order valence-electron chi connectivity index (χ3n) is 5.67. The number of amides is 3. The van der Waals surface area contributed by atoms with Crippen molar-refractivity contribution in [1.82, 2.24) is 5.32 Å². The van der Waals surface area contributed by atoms with Gasteiger partial charge in [0.05, 0.1) is 21.3 Å². The Balaban J connectivity index is 1.81. The Labute approximate surface area is 206 Å². The van der Waals surface area contributed by atoms with Crippen molar-refractivity contribution < 1.29 is 19.5 Å². The Hall–Kier alpha value is -2.29. The van der Waals surface area contributed by atoms with E-state index in [1.807, 2.05) is 13.8 Å². The second-order valence-electron chi connectivity index (χ2n) is 8.41. The van der Waals surface area contributed by atoms with Crippen LogP contribution < -0.4 is 16.0 Å². The number of halogens is 2. The number of hydrogen-bond donors (Lipinski definition) is 4. The molecule has 0 unspecified atom stereocenters. The van der Waals surface area contributed by atoms with Crippen molar-refractivity contribution in [3.8, 4) is 0 Å². The maximum absolute atomic E-state index is 13.1. The van der Waals surface area contributed by atoms with Crippen LogP contribution in [0.1, 0.15) is 67.1 Å². The maximum atomic E-state index is 13.1. The molecule has 33 heavy (non-hydrogen) atoms. The standard InChI is InChI=1S/C23H27Cl2N3O4S/c1-12(2)17-11-14(20(29)26-18(22(30)31)13-7-4-3-5-8-13)21(33-17)28-23(32)27-19-15(24)9-6-10-16(19)25/h6,9-13,18H,3-5,7-8H2,1-2H3,(H,26,29)(H,30,31)(H2,27,28,32)/t18-/m0/s1. The highest BCUT2D eigenvalue weighted by Gasteiger charge is 2.32. The fourth-order valence-corrected chi connectivity index (χ4v) is 5.43. The summed E-state index contributed by atoms with van der Waals surface area (Å²) < 4.78 is 0. The average Bonchev–Trinajstić information content (AvgIpc) is 3.19. The number of thiophene rings is 1. The van der Waals surface area contributed by atoms with Gasteiger partial charge in [-0.3, -0.25) is 10.1 Å². The van der Waals surface area contributed by atoms with Gasteiger partial charge in [0.15, 0.2) is 0 Å². The molecule has 3 rings (SSSR count). The van der Waals surface area contributed by atoms with Gasteiger partial charge in [-0.15, -0.1) is 11.3 Å². The second-order valence-corrected chi connectivity index (χ2v) is 10.3. The van der Waals surface area contributed by atoms with E-state index in [9.17, 15) is 19.5 Å². The van der Waals surface area contributed by atoms with Crippen molar-refractivity contribution in [2.24, 2.45) is 5.92 Å². The largest absolute Gasteiger partial charge is 0.480 e. The van der Waals surface area contributed by atoms with Crippen LogP contribution in [0.25, 0.3) is 0 Å². The SMILES string of the molecule is CC(C)c1cc(C(=O)N[C@H](C(=O)O)C2CCCCC2)c(NC(=O)Nc2c(Cl)cccc2Cl)s1. The van der Waals surface area contributed by atoms with Gasteiger partial charge >= 0.3 is 12.0 Å². The molecule has 1 aromatic heterocycles. The van der Waals surface area contributed by atoms with E-state index in [4.69, 9.17) is 23.2 Å². The molecule has 0 bridgehead atoms. The Bertz CT molecular complexity index is 1010. The van der Waals surface area contributed by atoms with Crippen molar-refractivity contribution in [2.45, 2.75) is 57.9 Å². The molecule has 2 aromatic rings. The Morgan fingerprint density at radius 2 is 1.70 bits per heavy atom. The second kappa shape index (κ2) is 11.2. The third kappa shape index (κ3) is 6.40. The first-order valence-electron chi connectivity index (χ1n) is 10.9. The lowest BCUT2D eigenvalue weighted by molar-refractivity contribution is -0.141. The Morgan fingerprint density at radius 1 is 1.06 bits per heavy atom. The summed E-state index contributed by atoms with van der Waals surface area (Å²) in [4.78, 5) is 38.6. The topological polar surface area (TPSA) is 108 Å². The molecule has 0 radical (unpaired) electrons. The first-order chi connectivity index (χ1) is 15.7. The number of rotatable bonds is 7. The van der Waals surface area contributed by atoms with Crippen LogP contribution in [0.4, 0.5) is 15.5 Å². The van der Waals surface area contributed by atoms with Crippen LogP contribution in [0.2, 0.25) is 10.0 Å². The predicted octanol–water partition coefficient (Wildman–Crippen LogP) is 6.59. The number of anilines is 2. The first-order valence-corrected chi connectivity index (χ1v) is 12.4. The summed E-state index contributed by atoms with van der Waals surface area (Å²) in [5.41, 5.74) is 0.486. The molecule has 3 amide bonds. The van der Waals surface area contributed by atoms with E-state index >= 15 is 0 Å². The highest BCUT2D eigenvalue weighted by Crippen LogP contribution is 2.35. The van der Waals surface area contributed by atoms with Gasteiger partial charge in [0.2, 0.25) is 0 Å². The minimum atomic E-state index is -1.05. The van der Waals surface area contributed by atoms with Crippen molar-refractivity contribution in [1.29, 1.82) is 0 Å². The van der Waals surface area contributed by atoms with Gasteiger partial charge < -0.3 is 15.7 Å². The number of benzene rings is 1. The molecule has 1 atom stereocenters. The molecular weight excluding hydrogens is 485 g/mol. The maximum Gasteiger partial charge on any atom is 0.326 e. The normalized spacial score (nSPS) is 15.2. The fraction of sp³-hybridized carbons (Fsp3) is 0.435. The molecule has 4 N–H and O–H groups in total. The summed E-state index contributed by atoms with van der Waals surface area (Å²) in [5.74, 6) is -1.56. The fourth-order valence-electron chi connectivity index (χ4n) is 3.89. The summed E-state index contributed by atoms with van der Waals surface area (Å²) in [6.07, 6.45) is 4.53. The van der Waals surface area contributed by atoms with E-state index in [0.29, 0.717) is 5.00 Å². The summed E-state index contributed by atoms with van der Waals surface area (Å²) in [5, 5.41) is 18.6. The number of hydrogen-bond acceptors (Lipinski definition) is 4. The van der Waals surface area contributed by atoms with E-state index in [2.05, 4.69) is 16.0 Å². The van der Waals surface area contributed by atoms with E-state index < -0.39 is 23.9 Å². The molecule has 0 spiro atoms. The molecule has 0 saturated heterocycles. The summed E-state index contributed by atoms with van der Waals surface area (Å²) in [6.45, 7) is 3.95. The molecule has 1 fully saturated rings. The summed E-state index contributed by atoms with van der Waals surface area (Å²) in [7, 11) is 0. The number of para-hydroxylation sites is 1. The van der Waals surface area contributed by atoms with Crippen molar-refractivity contribution in [2.75, 3.05) is 10.6 Å². The number of carbonyl (C=O) groups is 3. The zero-order valence-corrected chi connectivity index (χ0v) is 20.7. The lowest BCUT2D eigenvalue weighted by Gasteiger charge is -2.28. The average molecular weight is 512 g/mol. The van der Waals surface area contributed by atoms with E-state index in [-0.39, 0.29) is 33.1 Å². The van der Waals surface area contributed by atoms with Crippen molar-refractivity contribution in [3.63, 3.8) is 0 Å². The van der Waals surface area contributed by atoms with E-state index in [1.165, 1.54) is 11.3 Å². The minimum absolute atomic E-state index is 0.106. The van der Waals surface area contributed by atoms with Crippen LogP contribution in [-0.4, -0.2) is 29.1 Å². The molecule has 1 saturated carbocycles. The molecule has 0 aliphatic heterocycles. The molecule has 7 nitrogen and oxygen atoms in total. The van der Waals surface area contributed by atoms with Crippen LogP contribution in [0, 0.1) is 5.92 Å². The number of carboxylic acids is 1. The van der Waals surface area contributed by atoms with Gasteiger partial charge in [-0.25, -0.2) is 9.59 Å². The Kier molecular flexibility index (Phi) is 8.62. The molecule has 1 heterocycles.